The summed E-state index contributed by atoms with van der Waals surface area (Å²) in [4.78, 5) is 18.8. The Kier molecular flexibility index (Phi) is 12.3. The summed E-state index contributed by atoms with van der Waals surface area (Å²) < 4.78 is 4.18. The number of carboxylic acid groups (broad SMARTS) is 1. The van der Waals surface area contributed by atoms with Crippen molar-refractivity contribution in [3.05, 3.63) is 48.6 Å². The average Bonchev–Trinajstić information content (AvgIpc) is 2.49. The molecule has 0 fully saturated rings. The maximum absolute atomic E-state index is 9.60. The van der Waals surface area contributed by atoms with E-state index in [-0.39, 0.29) is 0 Å². The van der Waals surface area contributed by atoms with E-state index in [0.717, 1.165) is 6.08 Å². The second-order valence-electron chi connectivity index (χ2n) is 3.83. The molecular formula is C15H23NO6. The molecule has 0 radical (unpaired) electrons. The van der Waals surface area contributed by atoms with Gasteiger partial charge in [-0.25, -0.2) is 9.59 Å². The first-order chi connectivity index (χ1) is 10.2. The number of carbonyl (C=O) groups is 2. The first-order valence-corrected chi connectivity index (χ1v) is 6.49. The fraction of sp³-hybridized carbons (Fsp3) is 0.333. The van der Waals surface area contributed by atoms with Crippen LogP contribution in [-0.2, 0) is 15.3 Å². The van der Waals surface area contributed by atoms with Crippen LogP contribution in [0, 0.1) is 0 Å². The van der Waals surface area contributed by atoms with Gasteiger partial charge in [0.15, 0.2) is 5.79 Å². The maximum atomic E-state index is 9.60. The Labute approximate surface area is 129 Å². The van der Waals surface area contributed by atoms with Gasteiger partial charge in [-0.1, -0.05) is 43.8 Å². The van der Waals surface area contributed by atoms with Crippen LogP contribution in [0.5, 0.6) is 0 Å². The molecule has 0 aliphatic carbocycles. The van der Waals surface area contributed by atoms with Crippen LogP contribution in [0.15, 0.2) is 43.0 Å². The van der Waals surface area contributed by atoms with Crippen LogP contribution in [0.1, 0.15) is 25.8 Å². The molecule has 0 heterocycles. The molecule has 1 amide bonds. The molecule has 124 valence electrons. The van der Waals surface area contributed by atoms with Crippen molar-refractivity contribution in [2.24, 2.45) is 5.73 Å². The molecule has 1 rings (SSSR count). The Morgan fingerprint density at radius 3 is 1.95 bits per heavy atom. The fourth-order valence-corrected chi connectivity index (χ4v) is 1.05. The summed E-state index contributed by atoms with van der Waals surface area (Å²) in [5.41, 5.74) is 5.09. The van der Waals surface area contributed by atoms with Gasteiger partial charge < -0.3 is 25.8 Å². The number of rotatable bonds is 4. The number of benzene rings is 1. The van der Waals surface area contributed by atoms with Crippen molar-refractivity contribution in [1.82, 2.24) is 0 Å². The molecule has 5 N–H and O–H groups in total. The van der Waals surface area contributed by atoms with Crippen molar-refractivity contribution in [3.8, 4) is 0 Å². The lowest BCUT2D eigenvalue weighted by molar-refractivity contribution is -0.171. The second kappa shape index (κ2) is 12.4. The molecule has 0 saturated heterocycles. The first kappa shape index (κ1) is 21.9. The van der Waals surface area contributed by atoms with Gasteiger partial charge in [0.05, 0.1) is 6.61 Å². The van der Waals surface area contributed by atoms with E-state index in [1.54, 1.807) is 38.1 Å². The number of aliphatic hydroxyl groups is 2. The highest BCUT2D eigenvalue weighted by Gasteiger charge is 2.21. The second-order valence-corrected chi connectivity index (χ2v) is 3.83. The largest absolute Gasteiger partial charge is 0.478 e. The number of primary amides is 1. The quantitative estimate of drug-likeness (QED) is 0.493. The first-order valence-electron chi connectivity index (χ1n) is 6.49. The van der Waals surface area contributed by atoms with Gasteiger partial charge in [-0.3, -0.25) is 0 Å². The van der Waals surface area contributed by atoms with Gasteiger partial charge in [0.2, 0.25) is 0 Å². The van der Waals surface area contributed by atoms with E-state index in [1.807, 2.05) is 6.07 Å². The highest BCUT2D eigenvalue weighted by molar-refractivity contribution is 5.78. The fourth-order valence-electron chi connectivity index (χ4n) is 1.05. The highest BCUT2D eigenvalue weighted by Crippen LogP contribution is 2.20. The van der Waals surface area contributed by atoms with Crippen molar-refractivity contribution in [3.63, 3.8) is 0 Å². The Hall–Kier alpha value is -2.38. The maximum Gasteiger partial charge on any atom is 0.404 e. The molecule has 1 aromatic carbocycles. The van der Waals surface area contributed by atoms with E-state index in [4.69, 9.17) is 5.11 Å². The molecule has 0 bridgehead atoms. The van der Waals surface area contributed by atoms with E-state index >= 15 is 0 Å². The monoisotopic (exact) mass is 313 g/mol. The molecule has 0 atom stereocenters. The number of carbonyl (C=O) groups excluding carboxylic acids is 1. The van der Waals surface area contributed by atoms with Crippen LogP contribution in [0.4, 0.5) is 4.79 Å². The van der Waals surface area contributed by atoms with Crippen LogP contribution < -0.4 is 5.73 Å². The van der Waals surface area contributed by atoms with Gasteiger partial charge in [0.1, 0.15) is 0 Å². The summed E-state index contributed by atoms with van der Waals surface area (Å²) in [5.74, 6) is -2.65. The molecule has 0 saturated carbocycles. The SMILES string of the molecule is C=CC(=O)O.CCC(O)(O)c1ccccc1.CCOC(N)=O. The molecule has 0 aliphatic heterocycles. The molecule has 0 aliphatic rings. The molecule has 7 heteroatoms. The minimum atomic E-state index is -1.67. The van der Waals surface area contributed by atoms with Gasteiger partial charge in [-0.2, -0.15) is 0 Å². The number of carboxylic acids is 1. The molecule has 0 spiro atoms. The van der Waals surface area contributed by atoms with Gasteiger partial charge in [-0.05, 0) is 6.92 Å². The normalized spacial score (nSPS) is 9.27. The lowest BCUT2D eigenvalue weighted by Gasteiger charge is -2.19. The predicted octanol–water partition coefficient (Wildman–Crippen LogP) is 1.59. The summed E-state index contributed by atoms with van der Waals surface area (Å²) in [6.45, 7) is 6.75. The zero-order valence-corrected chi connectivity index (χ0v) is 12.7. The number of aliphatic carboxylic acids is 1. The highest BCUT2D eigenvalue weighted by atomic mass is 16.5. The van der Waals surface area contributed by atoms with Gasteiger partial charge in [0.25, 0.3) is 0 Å². The molecule has 1 aromatic rings. The van der Waals surface area contributed by atoms with Crippen molar-refractivity contribution < 1.29 is 29.6 Å². The third-order valence-corrected chi connectivity index (χ3v) is 2.19. The Morgan fingerprint density at radius 1 is 1.27 bits per heavy atom. The number of ether oxygens (including phenoxy) is 1. The van der Waals surface area contributed by atoms with E-state index < -0.39 is 17.8 Å². The van der Waals surface area contributed by atoms with E-state index in [2.05, 4.69) is 17.0 Å². The van der Waals surface area contributed by atoms with Crippen LogP contribution in [0.2, 0.25) is 0 Å². The summed E-state index contributed by atoms with van der Waals surface area (Å²) in [6.07, 6.45) is 0.425. The van der Waals surface area contributed by atoms with Gasteiger partial charge >= 0.3 is 12.1 Å². The average molecular weight is 313 g/mol. The Bertz CT molecular complexity index is 445. The molecule has 7 nitrogen and oxygen atoms in total. The van der Waals surface area contributed by atoms with Crippen LogP contribution in [0.25, 0.3) is 0 Å². The zero-order valence-electron chi connectivity index (χ0n) is 12.7. The minimum Gasteiger partial charge on any atom is -0.478 e. The predicted molar refractivity (Wildman–Crippen MR) is 81.9 cm³/mol. The third-order valence-electron chi connectivity index (χ3n) is 2.19. The van der Waals surface area contributed by atoms with Gasteiger partial charge in [-0.15, -0.1) is 0 Å². The van der Waals surface area contributed by atoms with Crippen LogP contribution in [0.3, 0.4) is 0 Å². The lowest BCUT2D eigenvalue weighted by atomic mass is 10.0. The summed E-state index contributed by atoms with van der Waals surface area (Å²) in [6, 6.07) is 8.81. The van der Waals surface area contributed by atoms with E-state index in [9.17, 15) is 19.8 Å². The van der Waals surface area contributed by atoms with Crippen LogP contribution >= 0.6 is 0 Å². The summed E-state index contributed by atoms with van der Waals surface area (Å²) in [5, 5.41) is 26.3. The zero-order chi connectivity index (χ0) is 17.6. The summed E-state index contributed by atoms with van der Waals surface area (Å²) >= 11 is 0. The van der Waals surface area contributed by atoms with Gasteiger partial charge in [0, 0.05) is 18.1 Å². The number of hydrogen-bond acceptors (Lipinski definition) is 5. The molecule has 22 heavy (non-hydrogen) atoms. The molecule has 0 unspecified atom stereocenters. The smallest absolute Gasteiger partial charge is 0.404 e. The molecular weight excluding hydrogens is 290 g/mol. The molecule has 0 aromatic heterocycles. The lowest BCUT2D eigenvalue weighted by Crippen LogP contribution is -2.23. The minimum absolute atomic E-state index is 0.303. The van der Waals surface area contributed by atoms with Crippen molar-refractivity contribution >= 4 is 12.1 Å². The number of nitrogens with two attached hydrogens (primary N) is 1. The van der Waals surface area contributed by atoms with Crippen LogP contribution in [-0.4, -0.2) is 34.0 Å². The third kappa shape index (κ3) is 12.6. The number of amides is 1. The standard InChI is InChI=1S/C9H12O2.C3H7NO2.C3H4O2/c1-2-9(10,11)8-6-4-3-5-7-8;1-2-6-3(4)5;1-2-3(4)5/h3-7,10-11H,2H2,1H3;2H2,1H3,(H2,4,5);2H,1H2,(H,4,5). The van der Waals surface area contributed by atoms with Crippen molar-refractivity contribution in [1.29, 1.82) is 0 Å². The van der Waals surface area contributed by atoms with E-state index in [1.165, 1.54) is 0 Å². The topological polar surface area (TPSA) is 130 Å². The number of hydrogen-bond donors (Lipinski definition) is 4. The summed E-state index contributed by atoms with van der Waals surface area (Å²) in [7, 11) is 0. The van der Waals surface area contributed by atoms with Crippen molar-refractivity contribution in [2.45, 2.75) is 26.1 Å². The van der Waals surface area contributed by atoms with E-state index in [0.29, 0.717) is 18.6 Å². The Balaban J connectivity index is 0. The Morgan fingerprint density at radius 2 is 1.73 bits per heavy atom. The van der Waals surface area contributed by atoms with Crippen molar-refractivity contribution in [2.75, 3.05) is 6.61 Å².